The Morgan fingerprint density at radius 1 is 1.27 bits per heavy atom. The fraction of sp³-hybridized carbons (Fsp3) is 0.292. The van der Waals surface area contributed by atoms with Crippen molar-refractivity contribution in [2.75, 3.05) is 13.1 Å². The average Bonchev–Trinajstić information content (AvgIpc) is 3.41. The maximum absolute atomic E-state index is 13.2. The number of nitrogens with zero attached hydrogens (tertiary/aromatic N) is 3. The monoisotopic (exact) mass is 498 g/mol. The quantitative estimate of drug-likeness (QED) is 0.438. The largest absolute Gasteiger partial charge is 0.349 e. The Balaban J connectivity index is 1.41. The van der Waals surface area contributed by atoms with Crippen LogP contribution in [0.5, 0.6) is 0 Å². The molecule has 1 N–H and O–H groups in total. The maximum Gasteiger partial charge on any atom is 0.262 e. The Bertz CT molecular complexity index is 1390. The van der Waals surface area contributed by atoms with Gasteiger partial charge >= 0.3 is 0 Å². The van der Waals surface area contributed by atoms with Gasteiger partial charge in [-0.3, -0.25) is 14.5 Å². The molecule has 0 aliphatic carbocycles. The van der Waals surface area contributed by atoms with Crippen LogP contribution in [0.15, 0.2) is 46.8 Å². The maximum atomic E-state index is 13.2. The second kappa shape index (κ2) is 9.02. The molecule has 3 aromatic heterocycles. The number of carbonyl (C=O) groups is 1. The van der Waals surface area contributed by atoms with Gasteiger partial charge in [-0.25, -0.2) is 4.98 Å². The van der Waals surface area contributed by atoms with Crippen molar-refractivity contribution < 1.29 is 4.79 Å². The topological polar surface area (TPSA) is 67.2 Å². The van der Waals surface area contributed by atoms with E-state index in [9.17, 15) is 9.59 Å². The molecule has 0 spiro atoms. The molecule has 1 unspecified atom stereocenters. The number of nitrogens with one attached hydrogen (secondary N) is 1. The van der Waals surface area contributed by atoms with Crippen LogP contribution in [-0.4, -0.2) is 33.4 Å². The highest BCUT2D eigenvalue weighted by molar-refractivity contribution is 7.20. The first-order chi connectivity index (χ1) is 15.9. The van der Waals surface area contributed by atoms with E-state index in [0.29, 0.717) is 32.2 Å². The molecule has 1 aliphatic heterocycles. The van der Waals surface area contributed by atoms with Gasteiger partial charge in [-0.2, -0.15) is 0 Å². The van der Waals surface area contributed by atoms with E-state index < -0.39 is 0 Å². The van der Waals surface area contributed by atoms with E-state index in [2.05, 4.69) is 26.6 Å². The third-order valence-electron chi connectivity index (χ3n) is 6.21. The van der Waals surface area contributed by atoms with E-state index in [1.165, 1.54) is 32.7 Å². The van der Waals surface area contributed by atoms with Crippen LogP contribution in [0.4, 0.5) is 0 Å². The summed E-state index contributed by atoms with van der Waals surface area (Å²) in [5.74, 6) is -0.176. The number of hydrogen-bond donors (Lipinski definition) is 1. The van der Waals surface area contributed by atoms with Gasteiger partial charge in [0.25, 0.3) is 11.5 Å². The fourth-order valence-corrected chi connectivity index (χ4v) is 6.45. The summed E-state index contributed by atoms with van der Waals surface area (Å²) < 4.78 is 1.44. The van der Waals surface area contributed by atoms with E-state index in [-0.39, 0.29) is 17.5 Å². The molecular formula is C24H23ClN4O2S2. The van der Waals surface area contributed by atoms with E-state index in [1.54, 1.807) is 7.05 Å². The standard InChI is InChI=1S/C24H23ClN4O2S2/c1-14-20-23(27-13-28(2)24(20)31)33-21(14)22(30)26-11-18(15-3-5-17(25)6-4-15)29-9-7-19-16(12-29)8-10-32-19/h3-6,8,10,13,18H,7,9,11-12H2,1-2H3,(H,26,30). The summed E-state index contributed by atoms with van der Waals surface area (Å²) in [6, 6.07) is 10.0. The zero-order valence-corrected chi connectivity index (χ0v) is 20.7. The molecule has 5 rings (SSSR count). The number of aromatic nitrogens is 2. The van der Waals surface area contributed by atoms with Crippen LogP contribution in [0.2, 0.25) is 5.02 Å². The second-order valence-electron chi connectivity index (χ2n) is 8.26. The molecule has 0 saturated carbocycles. The molecule has 9 heteroatoms. The predicted octanol–water partition coefficient (Wildman–Crippen LogP) is 4.55. The molecule has 170 valence electrons. The minimum Gasteiger partial charge on any atom is -0.349 e. The number of aryl methyl sites for hydroxylation is 2. The molecule has 0 fully saturated rings. The highest BCUT2D eigenvalue weighted by Crippen LogP contribution is 2.31. The minimum absolute atomic E-state index is 0.0138. The van der Waals surface area contributed by atoms with Crippen LogP contribution < -0.4 is 10.9 Å². The van der Waals surface area contributed by atoms with Crippen molar-refractivity contribution in [1.29, 1.82) is 0 Å². The van der Waals surface area contributed by atoms with Crippen molar-refractivity contribution in [1.82, 2.24) is 19.8 Å². The van der Waals surface area contributed by atoms with Gasteiger partial charge in [-0.1, -0.05) is 23.7 Å². The van der Waals surface area contributed by atoms with Gasteiger partial charge in [0.15, 0.2) is 0 Å². The number of benzene rings is 1. The molecule has 1 aliphatic rings. The van der Waals surface area contributed by atoms with Crippen LogP contribution in [0.3, 0.4) is 0 Å². The number of halogens is 1. The summed E-state index contributed by atoms with van der Waals surface area (Å²) in [5, 5.41) is 6.48. The van der Waals surface area contributed by atoms with Crippen molar-refractivity contribution >= 4 is 50.4 Å². The number of hydrogen-bond acceptors (Lipinski definition) is 6. The molecule has 0 saturated heterocycles. The first-order valence-corrected chi connectivity index (χ1v) is 12.8. The van der Waals surface area contributed by atoms with Crippen LogP contribution in [0, 0.1) is 6.92 Å². The molecule has 4 aromatic rings. The Morgan fingerprint density at radius 3 is 2.85 bits per heavy atom. The SMILES string of the molecule is Cc1c(C(=O)NCC(c2ccc(Cl)cc2)N2CCc3sccc3C2)sc2ncn(C)c(=O)c12. The lowest BCUT2D eigenvalue weighted by molar-refractivity contribution is 0.0931. The number of amides is 1. The van der Waals surface area contributed by atoms with Gasteiger partial charge in [-0.05, 0) is 53.6 Å². The number of fused-ring (bicyclic) bond motifs is 2. The first kappa shape index (κ1) is 22.3. The van der Waals surface area contributed by atoms with E-state index in [0.717, 1.165) is 25.1 Å². The van der Waals surface area contributed by atoms with Gasteiger partial charge in [0, 0.05) is 36.6 Å². The molecule has 33 heavy (non-hydrogen) atoms. The van der Waals surface area contributed by atoms with E-state index >= 15 is 0 Å². The van der Waals surface area contributed by atoms with Crippen molar-refractivity contribution in [3.05, 3.63) is 83.9 Å². The summed E-state index contributed by atoms with van der Waals surface area (Å²) in [5.41, 5.74) is 3.03. The highest BCUT2D eigenvalue weighted by Gasteiger charge is 2.27. The van der Waals surface area contributed by atoms with E-state index in [1.807, 2.05) is 42.5 Å². The van der Waals surface area contributed by atoms with Crippen LogP contribution in [-0.2, 0) is 20.0 Å². The minimum atomic E-state index is -0.176. The van der Waals surface area contributed by atoms with Crippen molar-refractivity contribution in [2.24, 2.45) is 7.05 Å². The average molecular weight is 499 g/mol. The fourth-order valence-electron chi connectivity index (χ4n) is 4.37. The van der Waals surface area contributed by atoms with E-state index in [4.69, 9.17) is 11.6 Å². The van der Waals surface area contributed by atoms with Crippen LogP contribution >= 0.6 is 34.3 Å². The number of rotatable bonds is 5. The Morgan fingerprint density at radius 2 is 2.06 bits per heavy atom. The van der Waals surface area contributed by atoms with Gasteiger partial charge < -0.3 is 9.88 Å². The first-order valence-electron chi connectivity index (χ1n) is 10.7. The number of carbonyl (C=O) groups excluding carboxylic acids is 1. The predicted molar refractivity (Wildman–Crippen MR) is 135 cm³/mol. The summed E-state index contributed by atoms with van der Waals surface area (Å²) in [6.45, 7) is 4.05. The molecule has 4 heterocycles. The second-order valence-corrected chi connectivity index (χ2v) is 10.7. The molecule has 1 aromatic carbocycles. The Labute approximate surface area is 204 Å². The molecular weight excluding hydrogens is 476 g/mol. The summed E-state index contributed by atoms with van der Waals surface area (Å²) in [7, 11) is 1.67. The molecule has 1 amide bonds. The van der Waals surface area contributed by atoms with Crippen molar-refractivity contribution in [2.45, 2.75) is 25.9 Å². The zero-order chi connectivity index (χ0) is 23.1. The Hall–Kier alpha value is -2.52. The lowest BCUT2D eigenvalue weighted by atomic mass is 10.0. The van der Waals surface area contributed by atoms with Gasteiger partial charge in [-0.15, -0.1) is 22.7 Å². The van der Waals surface area contributed by atoms with Crippen molar-refractivity contribution in [3.8, 4) is 0 Å². The van der Waals surface area contributed by atoms with Crippen LogP contribution in [0.25, 0.3) is 10.2 Å². The van der Waals surface area contributed by atoms with Crippen LogP contribution in [0.1, 0.15) is 37.3 Å². The lowest BCUT2D eigenvalue weighted by Gasteiger charge is -2.35. The lowest BCUT2D eigenvalue weighted by Crippen LogP contribution is -2.40. The summed E-state index contributed by atoms with van der Waals surface area (Å²) >= 11 is 9.21. The van der Waals surface area contributed by atoms with Gasteiger partial charge in [0.2, 0.25) is 0 Å². The molecule has 0 radical (unpaired) electrons. The van der Waals surface area contributed by atoms with Crippen molar-refractivity contribution in [3.63, 3.8) is 0 Å². The third-order valence-corrected chi connectivity index (χ3v) is 8.68. The third kappa shape index (κ3) is 4.24. The summed E-state index contributed by atoms with van der Waals surface area (Å²) in [6.07, 6.45) is 2.50. The zero-order valence-electron chi connectivity index (χ0n) is 18.3. The molecule has 1 atom stereocenters. The summed E-state index contributed by atoms with van der Waals surface area (Å²) in [4.78, 5) is 35.0. The molecule has 0 bridgehead atoms. The van der Waals surface area contributed by atoms with Gasteiger partial charge in [0.1, 0.15) is 4.83 Å². The molecule has 6 nitrogen and oxygen atoms in total. The number of thiophene rings is 2. The van der Waals surface area contributed by atoms with Gasteiger partial charge in [0.05, 0.1) is 22.6 Å². The highest BCUT2D eigenvalue weighted by atomic mass is 35.5. The Kier molecular flexibility index (Phi) is 6.09. The normalized spacial score (nSPS) is 14.9. The smallest absolute Gasteiger partial charge is 0.262 e.